The molecular formula is C17H18N4. The topological polar surface area (TPSA) is 52.0 Å². The number of piperidine rings is 1. The number of fused-ring (bicyclic) bond motifs is 2. The lowest BCUT2D eigenvalue weighted by Gasteiger charge is -2.37. The number of para-hydroxylation sites is 1. The highest BCUT2D eigenvalue weighted by Gasteiger charge is 2.33. The van der Waals surface area contributed by atoms with Gasteiger partial charge in [0.15, 0.2) is 0 Å². The van der Waals surface area contributed by atoms with Crippen LogP contribution in [0.5, 0.6) is 0 Å². The van der Waals surface area contributed by atoms with Crippen molar-refractivity contribution >= 4 is 16.6 Å². The van der Waals surface area contributed by atoms with E-state index in [1.165, 1.54) is 6.42 Å². The van der Waals surface area contributed by atoms with Gasteiger partial charge in [-0.25, -0.2) is 0 Å². The lowest BCUT2D eigenvalue weighted by Crippen LogP contribution is -2.40. The number of pyridine rings is 1. The molecule has 21 heavy (non-hydrogen) atoms. The zero-order chi connectivity index (χ0) is 14.2. The quantitative estimate of drug-likeness (QED) is 0.868. The molecule has 0 amide bonds. The minimum atomic E-state index is 0.693. The van der Waals surface area contributed by atoms with Crippen molar-refractivity contribution < 1.29 is 0 Å². The number of nitrogens with one attached hydrogen (secondary N) is 1. The maximum absolute atomic E-state index is 9.47. The van der Waals surface area contributed by atoms with E-state index < -0.39 is 0 Å². The molecular weight excluding hydrogens is 260 g/mol. The van der Waals surface area contributed by atoms with Crippen LogP contribution in [0.1, 0.15) is 12.0 Å². The van der Waals surface area contributed by atoms with Crippen molar-refractivity contribution in [3.05, 3.63) is 36.0 Å². The van der Waals surface area contributed by atoms with Gasteiger partial charge in [-0.3, -0.25) is 4.98 Å². The normalized spacial score (nSPS) is 24.8. The van der Waals surface area contributed by atoms with Crippen LogP contribution in [0.4, 0.5) is 5.69 Å². The fourth-order valence-corrected chi connectivity index (χ4v) is 3.79. The molecule has 0 aliphatic carbocycles. The van der Waals surface area contributed by atoms with Crippen LogP contribution in [0.3, 0.4) is 0 Å². The van der Waals surface area contributed by atoms with E-state index in [0.717, 1.165) is 48.7 Å². The highest BCUT2D eigenvalue weighted by atomic mass is 15.2. The second kappa shape index (κ2) is 5.01. The van der Waals surface area contributed by atoms with Crippen molar-refractivity contribution in [3.63, 3.8) is 0 Å². The van der Waals surface area contributed by atoms with E-state index in [9.17, 15) is 5.26 Å². The molecule has 0 saturated carbocycles. The summed E-state index contributed by atoms with van der Waals surface area (Å²) in [5.74, 6) is 1.51. The van der Waals surface area contributed by atoms with Crippen molar-refractivity contribution in [3.8, 4) is 6.07 Å². The number of nitriles is 1. The van der Waals surface area contributed by atoms with E-state index in [0.29, 0.717) is 11.5 Å². The van der Waals surface area contributed by atoms with Gasteiger partial charge in [0.2, 0.25) is 0 Å². The Hall–Kier alpha value is -2.12. The molecule has 4 rings (SSSR count). The van der Waals surface area contributed by atoms with Gasteiger partial charge < -0.3 is 10.2 Å². The average Bonchev–Trinajstić information content (AvgIpc) is 3.01. The van der Waals surface area contributed by atoms with Crippen LogP contribution in [0.2, 0.25) is 0 Å². The number of rotatable bonds is 1. The third-order valence-corrected chi connectivity index (χ3v) is 4.89. The molecule has 106 valence electrons. The maximum atomic E-state index is 9.47. The molecule has 2 saturated heterocycles. The van der Waals surface area contributed by atoms with Crippen molar-refractivity contribution in [2.75, 3.05) is 31.1 Å². The zero-order valence-corrected chi connectivity index (χ0v) is 11.9. The summed E-state index contributed by atoms with van der Waals surface area (Å²) >= 11 is 0. The van der Waals surface area contributed by atoms with Gasteiger partial charge in [0.25, 0.3) is 0 Å². The van der Waals surface area contributed by atoms with Crippen molar-refractivity contribution in [2.45, 2.75) is 6.42 Å². The highest BCUT2D eigenvalue weighted by Crippen LogP contribution is 2.35. The SMILES string of the molecule is N#Cc1cnc2ccccc2c1N1CCC2CNCC2C1. The number of aromatic nitrogens is 1. The summed E-state index contributed by atoms with van der Waals surface area (Å²) in [6.45, 7) is 4.33. The predicted octanol–water partition coefficient (Wildman–Crippen LogP) is 2.15. The standard InChI is InChI=1S/C17H18N4/c18-7-13-10-20-16-4-2-1-3-15(16)17(13)21-6-5-12-8-19-9-14(12)11-21/h1-4,10,12,14,19H,5-6,8-9,11H2. The Bertz CT molecular complexity index is 718. The van der Waals surface area contributed by atoms with E-state index in [4.69, 9.17) is 0 Å². The largest absolute Gasteiger partial charge is 0.370 e. The predicted molar refractivity (Wildman–Crippen MR) is 83.1 cm³/mol. The second-order valence-corrected chi connectivity index (χ2v) is 6.06. The Kier molecular flexibility index (Phi) is 3.01. The number of hydrogen-bond acceptors (Lipinski definition) is 4. The van der Waals surface area contributed by atoms with Gasteiger partial charge in [-0.05, 0) is 37.4 Å². The number of anilines is 1. The van der Waals surface area contributed by atoms with Crippen LogP contribution in [0.25, 0.3) is 10.9 Å². The molecule has 2 aromatic rings. The smallest absolute Gasteiger partial charge is 0.103 e. The maximum Gasteiger partial charge on any atom is 0.103 e. The Balaban J connectivity index is 1.80. The molecule has 2 fully saturated rings. The third kappa shape index (κ3) is 2.05. The summed E-state index contributed by atoms with van der Waals surface area (Å²) in [5, 5.41) is 14.1. The van der Waals surface area contributed by atoms with E-state index in [-0.39, 0.29) is 0 Å². The lowest BCUT2D eigenvalue weighted by molar-refractivity contribution is 0.349. The third-order valence-electron chi connectivity index (χ3n) is 4.89. The Morgan fingerprint density at radius 2 is 2.10 bits per heavy atom. The molecule has 4 heteroatoms. The van der Waals surface area contributed by atoms with Crippen LogP contribution < -0.4 is 10.2 Å². The first-order chi connectivity index (χ1) is 10.4. The van der Waals surface area contributed by atoms with E-state index >= 15 is 0 Å². The van der Waals surface area contributed by atoms with Crippen LogP contribution in [-0.2, 0) is 0 Å². The molecule has 1 N–H and O–H groups in total. The zero-order valence-electron chi connectivity index (χ0n) is 11.9. The first-order valence-corrected chi connectivity index (χ1v) is 7.60. The minimum absolute atomic E-state index is 0.693. The molecule has 1 aromatic carbocycles. The van der Waals surface area contributed by atoms with Gasteiger partial charge in [0.05, 0.1) is 16.8 Å². The molecule has 3 heterocycles. The molecule has 4 nitrogen and oxygen atoms in total. The van der Waals surface area contributed by atoms with Crippen molar-refractivity contribution in [2.24, 2.45) is 11.8 Å². The van der Waals surface area contributed by atoms with Crippen LogP contribution in [-0.4, -0.2) is 31.2 Å². The number of nitrogens with zero attached hydrogens (tertiary/aromatic N) is 3. The molecule has 2 atom stereocenters. The van der Waals surface area contributed by atoms with Crippen LogP contribution >= 0.6 is 0 Å². The van der Waals surface area contributed by atoms with Gasteiger partial charge in [-0.2, -0.15) is 5.26 Å². The van der Waals surface area contributed by atoms with Crippen molar-refractivity contribution in [1.82, 2.24) is 10.3 Å². The molecule has 2 aliphatic rings. The van der Waals surface area contributed by atoms with Gasteiger partial charge >= 0.3 is 0 Å². The first kappa shape index (κ1) is 12.6. The first-order valence-electron chi connectivity index (χ1n) is 7.60. The summed E-state index contributed by atoms with van der Waals surface area (Å²) in [6.07, 6.45) is 2.93. The van der Waals surface area contributed by atoms with Crippen LogP contribution in [0, 0.1) is 23.2 Å². The van der Waals surface area contributed by atoms with E-state index in [1.807, 2.05) is 18.2 Å². The molecule has 1 aromatic heterocycles. The lowest BCUT2D eigenvalue weighted by atomic mass is 9.88. The monoisotopic (exact) mass is 278 g/mol. The van der Waals surface area contributed by atoms with E-state index in [2.05, 4.69) is 27.3 Å². The van der Waals surface area contributed by atoms with Gasteiger partial charge in [0.1, 0.15) is 6.07 Å². The minimum Gasteiger partial charge on any atom is -0.370 e. The second-order valence-electron chi connectivity index (χ2n) is 6.06. The highest BCUT2D eigenvalue weighted by molar-refractivity contribution is 5.94. The molecule has 2 unspecified atom stereocenters. The summed E-state index contributed by atoms with van der Waals surface area (Å²) in [6, 6.07) is 10.4. The Labute approximate surface area is 124 Å². The molecule has 0 spiro atoms. The number of benzene rings is 1. The Morgan fingerprint density at radius 1 is 1.24 bits per heavy atom. The molecule has 0 radical (unpaired) electrons. The fourth-order valence-electron chi connectivity index (χ4n) is 3.79. The summed E-state index contributed by atoms with van der Waals surface area (Å²) < 4.78 is 0. The Morgan fingerprint density at radius 3 is 3.00 bits per heavy atom. The van der Waals surface area contributed by atoms with Crippen LogP contribution in [0.15, 0.2) is 30.5 Å². The van der Waals surface area contributed by atoms with Gasteiger partial charge in [-0.1, -0.05) is 18.2 Å². The summed E-state index contributed by atoms with van der Waals surface area (Å²) in [5.41, 5.74) is 2.74. The average molecular weight is 278 g/mol. The molecule has 2 aliphatic heterocycles. The fraction of sp³-hybridized carbons (Fsp3) is 0.412. The van der Waals surface area contributed by atoms with Gasteiger partial charge in [0, 0.05) is 24.7 Å². The van der Waals surface area contributed by atoms with E-state index in [1.54, 1.807) is 6.20 Å². The number of hydrogen-bond donors (Lipinski definition) is 1. The summed E-state index contributed by atoms with van der Waals surface area (Å²) in [7, 11) is 0. The van der Waals surface area contributed by atoms with Gasteiger partial charge in [-0.15, -0.1) is 0 Å². The summed E-state index contributed by atoms with van der Waals surface area (Å²) in [4.78, 5) is 6.81. The van der Waals surface area contributed by atoms with Crippen molar-refractivity contribution in [1.29, 1.82) is 5.26 Å². The molecule has 0 bridgehead atoms.